The number of nitrogens with two attached hydrogens (primary N) is 1. The van der Waals surface area contributed by atoms with E-state index in [0.717, 1.165) is 76.6 Å². The Balaban J connectivity index is 0.000000148. The second kappa shape index (κ2) is 47.5. The fourth-order valence-electron chi connectivity index (χ4n) is 18.8. The Kier molecular flexibility index (Phi) is 33.0. The van der Waals surface area contributed by atoms with E-state index in [2.05, 4.69) is 83.8 Å². The molecule has 0 saturated carbocycles. The van der Waals surface area contributed by atoms with Gasteiger partial charge in [-0.1, -0.05) is 60.7 Å². The van der Waals surface area contributed by atoms with E-state index in [1.807, 2.05) is 194 Å². The zero-order valence-corrected chi connectivity index (χ0v) is 86.3. The van der Waals surface area contributed by atoms with Gasteiger partial charge < -0.3 is 15.2 Å². The number of carbonyl (C=O) groups is 12. The summed E-state index contributed by atoms with van der Waals surface area (Å²) in [7, 11) is 0. The van der Waals surface area contributed by atoms with Gasteiger partial charge >= 0.3 is 62.8 Å². The first kappa shape index (κ1) is 103. The van der Waals surface area contributed by atoms with Gasteiger partial charge in [-0.25, -0.2) is 19.2 Å². The van der Waals surface area contributed by atoms with Crippen LogP contribution in [0.3, 0.4) is 0 Å². The van der Waals surface area contributed by atoms with E-state index in [1.165, 1.54) is 43.9 Å². The van der Waals surface area contributed by atoms with Crippen LogP contribution in [0.5, 0.6) is 0 Å². The molecule has 0 unspecified atom stereocenters. The normalized spacial score (nSPS) is 13.6. The summed E-state index contributed by atoms with van der Waals surface area (Å²) in [6.45, 7) is 9.07. The summed E-state index contributed by atoms with van der Waals surface area (Å²) in [5, 5.41) is 1.94. The molecule has 0 saturated heterocycles. The van der Waals surface area contributed by atoms with E-state index in [9.17, 15) is 57.5 Å². The van der Waals surface area contributed by atoms with Crippen molar-refractivity contribution in [2.45, 2.75) is 65.4 Å². The maximum atomic E-state index is 14.0. The van der Waals surface area contributed by atoms with E-state index in [1.54, 1.807) is 98.1 Å². The number of cyclic esters (lactones) is 4. The van der Waals surface area contributed by atoms with Gasteiger partial charge in [-0.15, -0.1) is 0 Å². The second-order valence-electron chi connectivity index (χ2n) is 35.2. The molecule has 0 atom stereocenters. The maximum Gasteiger partial charge on any atom is 2.00 e. The largest absolute Gasteiger partial charge is 2.00 e. The molecule has 22 rings (SSSR count). The molecule has 0 bridgehead atoms. The topological polar surface area (TPSA) is 407 Å². The maximum absolute atomic E-state index is 14.0. The van der Waals surface area contributed by atoms with Crippen molar-refractivity contribution in [2.75, 3.05) is 65.4 Å². The van der Waals surface area contributed by atoms with Gasteiger partial charge in [0.05, 0.1) is 79.2 Å². The summed E-state index contributed by atoms with van der Waals surface area (Å²) >= 11 is 0. The molecule has 0 radical (unpaired) electrons. The predicted molar refractivity (Wildman–Crippen MR) is 535 cm³/mol. The molecule has 36 heteroatoms. The third kappa shape index (κ3) is 23.0. The molecular formula is C112H94N20O14Zn2+4. The fraction of sp³-hybridized carbons (Fsp3) is 0.179. The minimum absolute atomic E-state index is 0. The van der Waals surface area contributed by atoms with E-state index in [-0.39, 0.29) is 143 Å². The van der Waals surface area contributed by atoms with Crippen LogP contribution in [0.4, 0.5) is 0 Å². The van der Waals surface area contributed by atoms with Crippen LogP contribution in [0.1, 0.15) is 181 Å². The van der Waals surface area contributed by atoms with Crippen LogP contribution < -0.4 is 5.73 Å². The molecule has 16 heterocycles. The van der Waals surface area contributed by atoms with Gasteiger partial charge in [0.15, 0.2) is 0 Å². The first-order valence-corrected chi connectivity index (χ1v) is 47.4. The molecule has 0 aliphatic carbocycles. The molecule has 148 heavy (non-hydrogen) atoms. The van der Waals surface area contributed by atoms with Gasteiger partial charge in [-0.3, -0.25) is 132 Å². The van der Waals surface area contributed by atoms with Crippen LogP contribution in [0.15, 0.2) is 317 Å². The SMILES string of the molecule is NCCN(Cc1ccccn1)Cc1ccccn1.O=C1OC(=O)c2ccc3c4c(ccc1c24)C(=O)OC3=O.O=C1c2ccc3c4c(ccc(c24)C(=O)N1CCN(Cc1ccccn1)Cc1ccccn1)C(=O)N(CCN(Cc1ccccn1)Cc1ccccn1)C3=O.O=C1c2ccc3c4c(ccc(c24)C(=O)N1CCN(Cc1ccccn1)Cc1ccccn1)C(=O)N(CCN(Cc1ccccn1)Cc1ccccn1)C3=O.[Zn+2].[Zn+2]. The molecule has 6 aromatic carbocycles. The standard InChI is InChI=1S/2C42H36N8O4.C14H18N4.C14H4O6.2Zn/c2*51-39-33-13-15-35-38-36(42(54)50(41(35)53)24-22-48(27-31-11-3-7-19-45-31)28-32-12-4-8-20-46-32)16-14-34(37(33)38)40(52)49(39)23-21-47(25-29-9-1-5-17-43-29)26-30-10-2-6-18-44-30;15-7-10-18(11-13-5-1-3-8-16-13)12-14-6-2-4-9-17-14;15-11-5-1-2-6-10-8(14(18)20-12(6)16)4-3-7(9(5)10)13(17)19-11;;/h2*1-20H,21-28H2;1-6,8-9H,7,10-12,15H2;1-4H;;/q;;;;2*+2. The fourth-order valence-corrected chi connectivity index (χ4v) is 18.8. The van der Waals surface area contributed by atoms with Crippen LogP contribution in [0, 0.1) is 0 Å². The number of benzene rings is 6. The second-order valence-corrected chi connectivity index (χ2v) is 35.2. The molecule has 0 spiro atoms. The number of ether oxygens (including phenoxy) is 2. The number of esters is 4. The Morgan fingerprint density at radius 3 is 0.459 bits per heavy atom. The zero-order valence-electron chi connectivity index (χ0n) is 80.4. The molecule has 726 valence electrons. The Morgan fingerprint density at radius 2 is 0.324 bits per heavy atom. The number of hydrogen-bond acceptors (Lipinski definition) is 30. The van der Waals surface area contributed by atoms with E-state index in [4.69, 9.17) is 5.73 Å². The molecule has 6 aliphatic heterocycles. The van der Waals surface area contributed by atoms with Crippen molar-refractivity contribution in [1.82, 2.24) is 93.9 Å². The summed E-state index contributed by atoms with van der Waals surface area (Å²) in [6, 6.07) is 76.0. The van der Waals surface area contributed by atoms with Crippen molar-refractivity contribution >= 4 is 103 Å². The molecule has 6 aliphatic rings. The van der Waals surface area contributed by atoms with Crippen molar-refractivity contribution < 1.29 is 106 Å². The number of amides is 8. The summed E-state index contributed by atoms with van der Waals surface area (Å²) in [4.78, 5) is 219. The third-order valence-corrected chi connectivity index (χ3v) is 25.7. The molecule has 34 nitrogen and oxygen atoms in total. The summed E-state index contributed by atoms with van der Waals surface area (Å²) in [5.41, 5.74) is 17.5. The van der Waals surface area contributed by atoms with Crippen LogP contribution in [0.2, 0.25) is 0 Å². The van der Waals surface area contributed by atoms with Gasteiger partial charge in [0.2, 0.25) is 0 Å². The molecular weight excluding hydrogens is 1980 g/mol. The molecule has 16 aromatic rings. The van der Waals surface area contributed by atoms with Gasteiger partial charge in [-0.2, -0.15) is 0 Å². The first-order chi connectivity index (χ1) is 71.3. The minimum Gasteiger partial charge on any atom is -0.386 e. The van der Waals surface area contributed by atoms with Crippen molar-refractivity contribution in [3.05, 3.63) is 440 Å². The van der Waals surface area contributed by atoms with E-state index in [0.29, 0.717) is 107 Å². The monoisotopic (exact) mass is 2070 g/mol. The van der Waals surface area contributed by atoms with Crippen LogP contribution in [-0.2, 0) is 114 Å². The Morgan fingerprint density at radius 1 is 0.189 bits per heavy atom. The van der Waals surface area contributed by atoms with Gasteiger partial charge in [0.1, 0.15) is 0 Å². The van der Waals surface area contributed by atoms with Crippen molar-refractivity contribution in [3.63, 3.8) is 0 Å². The van der Waals surface area contributed by atoms with Crippen molar-refractivity contribution in [1.29, 1.82) is 0 Å². The zero-order chi connectivity index (χ0) is 101. The van der Waals surface area contributed by atoms with Gasteiger partial charge in [0, 0.05) is 270 Å². The van der Waals surface area contributed by atoms with Crippen LogP contribution in [0.25, 0.3) is 32.3 Å². The number of imide groups is 4. The van der Waals surface area contributed by atoms with Crippen molar-refractivity contribution in [3.8, 4) is 0 Å². The van der Waals surface area contributed by atoms with E-state index >= 15 is 0 Å². The Bertz CT molecular complexity index is 6520. The quantitative estimate of drug-likeness (QED) is 0.0169. The number of hydrogen-bond donors (Lipinski definition) is 1. The Labute approximate surface area is 874 Å². The van der Waals surface area contributed by atoms with Gasteiger partial charge in [0.25, 0.3) is 47.3 Å². The van der Waals surface area contributed by atoms with Crippen molar-refractivity contribution in [2.24, 2.45) is 5.73 Å². The Hall–Kier alpha value is -16.6. The molecule has 2 N–H and O–H groups in total. The van der Waals surface area contributed by atoms with Gasteiger partial charge in [-0.05, 0) is 194 Å². The summed E-state index contributed by atoms with van der Waals surface area (Å²) in [5.74, 6) is -6.89. The minimum atomic E-state index is -0.794. The number of aromatic nitrogens is 10. The van der Waals surface area contributed by atoms with E-state index < -0.39 is 71.1 Å². The van der Waals surface area contributed by atoms with Crippen LogP contribution >= 0.6 is 0 Å². The number of rotatable bonds is 34. The smallest absolute Gasteiger partial charge is 0.386 e. The number of pyridine rings is 10. The number of carbonyl (C=O) groups excluding carboxylic acids is 12. The van der Waals surface area contributed by atoms with Crippen LogP contribution in [-0.4, -0.2) is 231 Å². The first-order valence-electron chi connectivity index (χ1n) is 47.4. The number of nitrogens with zero attached hydrogens (tertiary/aromatic N) is 19. The average Bonchev–Trinajstić information content (AvgIpc) is 0.721. The third-order valence-electron chi connectivity index (χ3n) is 25.7. The molecule has 8 amide bonds. The predicted octanol–water partition coefficient (Wildman–Crippen LogP) is 12.9. The summed E-state index contributed by atoms with van der Waals surface area (Å²) < 4.78 is 9.22. The molecule has 10 aromatic heterocycles. The average molecular weight is 2070 g/mol. The summed E-state index contributed by atoms with van der Waals surface area (Å²) in [6.07, 6.45) is 17.5. The molecule has 0 fully saturated rings.